The molecule has 2 heterocycles. The average Bonchev–Trinajstić information content (AvgIpc) is 3.06. The number of hydrogen-bond donors (Lipinski definition) is 0. The van der Waals surface area contributed by atoms with E-state index in [9.17, 15) is 14.0 Å². The molecule has 0 aliphatic carbocycles. The van der Waals surface area contributed by atoms with Crippen LogP contribution in [0.5, 0.6) is 0 Å². The quantitative estimate of drug-likeness (QED) is 0.332. The van der Waals surface area contributed by atoms with Crippen LogP contribution < -0.4 is 5.56 Å². The Morgan fingerprint density at radius 2 is 2.07 bits per heavy atom. The highest BCUT2D eigenvalue weighted by Crippen LogP contribution is 2.23. The Morgan fingerprint density at radius 3 is 2.93 bits per heavy atom. The molecule has 0 spiro atoms. The Bertz CT molecular complexity index is 1300. The monoisotopic (exact) mass is 458 g/mol. The molecule has 0 saturated heterocycles. The first-order valence-electron chi connectivity index (χ1n) is 8.21. The van der Waals surface area contributed by atoms with E-state index in [0.717, 1.165) is 16.3 Å². The van der Waals surface area contributed by atoms with E-state index >= 15 is 0 Å². The molecule has 0 N–H and O–H groups in total. The van der Waals surface area contributed by atoms with Gasteiger partial charge in [0.05, 0.1) is 15.9 Å². The lowest BCUT2D eigenvalue weighted by Crippen LogP contribution is -2.15. The zero-order chi connectivity index (χ0) is 19.7. The van der Waals surface area contributed by atoms with Crippen molar-refractivity contribution >= 4 is 54.5 Å². The topological polar surface area (TPSA) is 60.7 Å². The maximum Gasteiger partial charge on any atom is 0.331 e. The molecule has 4 rings (SSSR count). The highest BCUT2D eigenvalue weighted by atomic mass is 79.9. The number of thiazole rings is 1. The smallest absolute Gasteiger partial charge is 0.331 e. The molecule has 0 aliphatic heterocycles. The van der Waals surface area contributed by atoms with Crippen molar-refractivity contribution in [3.63, 3.8) is 0 Å². The Morgan fingerprint density at radius 1 is 1.25 bits per heavy atom. The normalized spacial score (nSPS) is 11.5. The van der Waals surface area contributed by atoms with Gasteiger partial charge in [0.1, 0.15) is 12.4 Å². The fraction of sp³-hybridized carbons (Fsp3) is 0.0500. The second-order valence-corrected chi connectivity index (χ2v) is 7.81. The SMILES string of the molecule is O=C(/C=C/c1cc(Br)ccc1F)OCc1cc(=O)n2c(n1)sc1ccccc12. The number of nitrogens with zero attached hydrogens (tertiary/aromatic N) is 2. The van der Waals surface area contributed by atoms with Crippen molar-refractivity contribution in [2.24, 2.45) is 0 Å². The molecule has 0 atom stereocenters. The Labute approximate surface area is 170 Å². The lowest BCUT2D eigenvalue weighted by atomic mass is 10.2. The molecule has 28 heavy (non-hydrogen) atoms. The number of halogens is 2. The molecule has 0 fully saturated rings. The zero-order valence-electron chi connectivity index (χ0n) is 14.3. The number of fused-ring (bicyclic) bond motifs is 3. The maximum absolute atomic E-state index is 13.7. The van der Waals surface area contributed by atoms with Gasteiger partial charge in [0.15, 0.2) is 4.96 Å². The van der Waals surface area contributed by atoms with Crippen LogP contribution in [-0.2, 0) is 16.1 Å². The minimum Gasteiger partial charge on any atom is -0.456 e. The summed E-state index contributed by atoms with van der Waals surface area (Å²) in [4.78, 5) is 29.3. The number of hydrogen-bond acceptors (Lipinski definition) is 5. The predicted molar refractivity (Wildman–Crippen MR) is 110 cm³/mol. The first kappa shape index (κ1) is 18.5. The van der Waals surface area contributed by atoms with Gasteiger partial charge in [-0.05, 0) is 36.4 Å². The lowest BCUT2D eigenvalue weighted by Gasteiger charge is -2.02. The van der Waals surface area contributed by atoms with Crippen molar-refractivity contribution in [1.82, 2.24) is 9.38 Å². The maximum atomic E-state index is 13.7. The molecule has 140 valence electrons. The van der Waals surface area contributed by atoms with Crippen LogP contribution >= 0.6 is 27.3 Å². The second kappa shape index (κ2) is 7.65. The fourth-order valence-corrected chi connectivity index (χ4v) is 4.12. The fourth-order valence-electron chi connectivity index (χ4n) is 2.69. The van der Waals surface area contributed by atoms with E-state index < -0.39 is 11.8 Å². The summed E-state index contributed by atoms with van der Waals surface area (Å²) in [7, 11) is 0. The van der Waals surface area contributed by atoms with E-state index in [1.54, 1.807) is 12.1 Å². The molecule has 0 unspecified atom stereocenters. The molecular formula is C20H12BrFN2O3S. The molecule has 2 aromatic carbocycles. The average molecular weight is 459 g/mol. The van der Waals surface area contributed by atoms with Gasteiger partial charge in [0.2, 0.25) is 0 Å². The summed E-state index contributed by atoms with van der Waals surface area (Å²) in [6.45, 7) is -0.149. The minimum atomic E-state index is -0.655. The van der Waals surface area contributed by atoms with E-state index in [2.05, 4.69) is 20.9 Å². The van der Waals surface area contributed by atoms with E-state index in [1.807, 2.05) is 24.3 Å². The van der Waals surface area contributed by atoms with Gasteiger partial charge in [0.25, 0.3) is 5.56 Å². The first-order chi connectivity index (χ1) is 13.5. The molecule has 2 aromatic heterocycles. The van der Waals surface area contributed by atoms with Crippen LogP contribution in [0, 0.1) is 5.82 Å². The molecular weight excluding hydrogens is 447 g/mol. The first-order valence-corrected chi connectivity index (χ1v) is 9.82. The number of ether oxygens (including phenoxy) is 1. The van der Waals surface area contributed by atoms with Crippen molar-refractivity contribution in [3.05, 3.63) is 86.5 Å². The van der Waals surface area contributed by atoms with Crippen LogP contribution in [0.2, 0.25) is 0 Å². The summed E-state index contributed by atoms with van der Waals surface area (Å²) in [5.41, 5.74) is 1.17. The van der Waals surface area contributed by atoms with Gasteiger partial charge >= 0.3 is 5.97 Å². The summed E-state index contributed by atoms with van der Waals surface area (Å²) in [5, 5.41) is 0. The standard InChI is InChI=1S/C20H12BrFN2O3S/c21-13-6-7-15(22)12(9-13)5-8-19(26)27-11-14-10-18(25)24-16-3-1-2-4-17(16)28-20(24)23-14/h1-10H,11H2/b8-5+. The van der Waals surface area contributed by atoms with Gasteiger partial charge in [-0.1, -0.05) is 39.4 Å². The summed E-state index contributed by atoms with van der Waals surface area (Å²) in [6, 6.07) is 13.3. The summed E-state index contributed by atoms with van der Waals surface area (Å²) < 4.78 is 22.0. The van der Waals surface area contributed by atoms with Crippen LogP contribution in [0.3, 0.4) is 0 Å². The van der Waals surface area contributed by atoms with E-state index in [1.165, 1.54) is 33.9 Å². The van der Waals surface area contributed by atoms with Gasteiger partial charge in [-0.15, -0.1) is 0 Å². The van der Waals surface area contributed by atoms with E-state index in [-0.39, 0.29) is 17.7 Å². The summed E-state index contributed by atoms with van der Waals surface area (Å²) in [6.07, 6.45) is 2.47. The number of esters is 1. The van der Waals surface area contributed by atoms with Crippen LogP contribution in [0.15, 0.2) is 63.9 Å². The third kappa shape index (κ3) is 3.74. The molecule has 0 saturated carbocycles. The van der Waals surface area contributed by atoms with Crippen molar-refractivity contribution in [1.29, 1.82) is 0 Å². The van der Waals surface area contributed by atoms with Gasteiger partial charge in [0, 0.05) is 22.2 Å². The Balaban J connectivity index is 1.51. The van der Waals surface area contributed by atoms with Crippen LogP contribution in [0.4, 0.5) is 4.39 Å². The van der Waals surface area contributed by atoms with Crippen LogP contribution in [-0.4, -0.2) is 15.4 Å². The molecule has 0 aliphatic rings. The highest BCUT2D eigenvalue weighted by Gasteiger charge is 2.10. The Hall–Kier alpha value is -2.84. The van der Waals surface area contributed by atoms with Crippen molar-refractivity contribution in [3.8, 4) is 0 Å². The van der Waals surface area contributed by atoms with E-state index in [0.29, 0.717) is 15.1 Å². The molecule has 0 bridgehead atoms. The number of para-hydroxylation sites is 1. The third-order valence-corrected chi connectivity index (χ3v) is 5.48. The summed E-state index contributed by atoms with van der Waals surface area (Å²) >= 11 is 4.63. The van der Waals surface area contributed by atoms with Gasteiger partial charge in [-0.2, -0.15) is 0 Å². The second-order valence-electron chi connectivity index (χ2n) is 5.88. The number of aromatic nitrogens is 2. The van der Waals surface area contributed by atoms with E-state index in [4.69, 9.17) is 4.74 Å². The van der Waals surface area contributed by atoms with Gasteiger partial charge in [-0.3, -0.25) is 9.20 Å². The van der Waals surface area contributed by atoms with Gasteiger partial charge in [-0.25, -0.2) is 14.2 Å². The zero-order valence-corrected chi connectivity index (χ0v) is 16.7. The van der Waals surface area contributed by atoms with Crippen molar-refractivity contribution < 1.29 is 13.9 Å². The minimum absolute atomic E-state index is 0.149. The molecule has 4 aromatic rings. The third-order valence-electron chi connectivity index (χ3n) is 3.97. The van der Waals surface area contributed by atoms with Crippen molar-refractivity contribution in [2.75, 3.05) is 0 Å². The number of benzene rings is 2. The number of carbonyl (C=O) groups is 1. The van der Waals surface area contributed by atoms with Crippen LogP contribution in [0.25, 0.3) is 21.3 Å². The molecule has 0 amide bonds. The molecule has 0 radical (unpaired) electrons. The number of rotatable bonds is 4. The molecule has 5 nitrogen and oxygen atoms in total. The largest absolute Gasteiger partial charge is 0.456 e. The van der Waals surface area contributed by atoms with Gasteiger partial charge < -0.3 is 4.74 Å². The number of carbonyl (C=O) groups excluding carboxylic acids is 1. The van der Waals surface area contributed by atoms with Crippen LogP contribution in [0.1, 0.15) is 11.3 Å². The lowest BCUT2D eigenvalue weighted by molar-refractivity contribution is -0.139. The molecule has 8 heteroatoms. The predicted octanol–water partition coefficient (Wildman–Crippen LogP) is 4.57. The summed E-state index contributed by atoms with van der Waals surface area (Å²) in [5.74, 6) is -1.10. The Kier molecular flexibility index (Phi) is 5.06. The van der Waals surface area contributed by atoms with Crippen molar-refractivity contribution in [2.45, 2.75) is 6.61 Å². The highest BCUT2D eigenvalue weighted by molar-refractivity contribution is 9.10.